The average Bonchev–Trinajstić information content (AvgIpc) is 2.60. The summed E-state index contributed by atoms with van der Waals surface area (Å²) in [5.41, 5.74) is 4.52. The smallest absolute Gasteiger partial charge is 0.155 e. The zero-order valence-corrected chi connectivity index (χ0v) is 12.4. The molecule has 0 bridgehead atoms. The molecule has 0 aliphatic heterocycles. The Morgan fingerprint density at radius 1 is 0.783 bits per heavy atom. The SMILES string of the molecule is Fc1cccc(COc2ccc(ONc3ccccc3)cc2)c1. The van der Waals surface area contributed by atoms with E-state index in [0.717, 1.165) is 11.3 Å². The summed E-state index contributed by atoms with van der Waals surface area (Å²) < 4.78 is 18.7. The topological polar surface area (TPSA) is 30.5 Å². The van der Waals surface area contributed by atoms with Gasteiger partial charge in [-0.1, -0.05) is 30.3 Å². The van der Waals surface area contributed by atoms with Gasteiger partial charge in [0.25, 0.3) is 0 Å². The summed E-state index contributed by atoms with van der Waals surface area (Å²) in [7, 11) is 0. The minimum atomic E-state index is -0.262. The molecule has 0 heterocycles. The van der Waals surface area contributed by atoms with E-state index in [2.05, 4.69) is 5.48 Å². The summed E-state index contributed by atoms with van der Waals surface area (Å²) in [5, 5.41) is 0. The van der Waals surface area contributed by atoms with E-state index in [1.54, 1.807) is 30.3 Å². The number of rotatable bonds is 6. The molecule has 0 saturated heterocycles. The highest BCUT2D eigenvalue weighted by molar-refractivity contribution is 5.41. The molecule has 4 heteroatoms. The number of anilines is 1. The van der Waals surface area contributed by atoms with Crippen molar-refractivity contribution in [3.8, 4) is 11.5 Å². The Morgan fingerprint density at radius 3 is 2.26 bits per heavy atom. The van der Waals surface area contributed by atoms with E-state index in [0.29, 0.717) is 18.1 Å². The maximum Gasteiger partial charge on any atom is 0.155 e. The number of benzene rings is 3. The first-order valence-corrected chi connectivity index (χ1v) is 7.25. The molecule has 0 unspecified atom stereocenters. The van der Waals surface area contributed by atoms with Crippen LogP contribution in [0.25, 0.3) is 0 Å². The van der Waals surface area contributed by atoms with Crippen LogP contribution in [0.1, 0.15) is 5.56 Å². The molecule has 0 aromatic heterocycles. The normalized spacial score (nSPS) is 10.1. The summed E-state index contributed by atoms with van der Waals surface area (Å²) >= 11 is 0. The highest BCUT2D eigenvalue weighted by Crippen LogP contribution is 2.19. The van der Waals surface area contributed by atoms with Gasteiger partial charge in [0.15, 0.2) is 5.75 Å². The van der Waals surface area contributed by atoms with Crippen molar-refractivity contribution >= 4 is 5.69 Å². The average molecular weight is 309 g/mol. The van der Waals surface area contributed by atoms with Crippen LogP contribution in [0.15, 0.2) is 78.9 Å². The monoisotopic (exact) mass is 309 g/mol. The molecule has 0 radical (unpaired) electrons. The molecule has 0 aliphatic rings. The number of para-hydroxylation sites is 1. The van der Waals surface area contributed by atoms with Gasteiger partial charge in [0, 0.05) is 0 Å². The van der Waals surface area contributed by atoms with Crippen molar-refractivity contribution < 1.29 is 14.0 Å². The van der Waals surface area contributed by atoms with E-state index in [1.165, 1.54) is 12.1 Å². The molecule has 0 amide bonds. The second kappa shape index (κ2) is 7.31. The van der Waals surface area contributed by atoms with Crippen LogP contribution < -0.4 is 15.1 Å². The van der Waals surface area contributed by atoms with Gasteiger partial charge in [0.2, 0.25) is 0 Å². The highest BCUT2D eigenvalue weighted by atomic mass is 19.1. The van der Waals surface area contributed by atoms with Crippen molar-refractivity contribution in [1.82, 2.24) is 0 Å². The third-order valence-electron chi connectivity index (χ3n) is 3.18. The van der Waals surface area contributed by atoms with Gasteiger partial charge < -0.3 is 9.57 Å². The maximum atomic E-state index is 13.1. The molecule has 0 fully saturated rings. The summed E-state index contributed by atoms with van der Waals surface area (Å²) in [4.78, 5) is 5.47. The molecular formula is C19H16FNO2. The molecule has 3 aromatic carbocycles. The van der Waals surface area contributed by atoms with Crippen molar-refractivity contribution in [2.75, 3.05) is 5.48 Å². The Morgan fingerprint density at radius 2 is 1.52 bits per heavy atom. The van der Waals surface area contributed by atoms with Crippen LogP contribution in [0.3, 0.4) is 0 Å². The Kier molecular flexibility index (Phi) is 4.74. The zero-order valence-electron chi connectivity index (χ0n) is 12.4. The third kappa shape index (κ3) is 4.48. The Labute approximate surface area is 134 Å². The van der Waals surface area contributed by atoms with Crippen molar-refractivity contribution in [3.63, 3.8) is 0 Å². The van der Waals surface area contributed by atoms with Gasteiger partial charge in [0.1, 0.15) is 18.2 Å². The summed E-state index contributed by atoms with van der Waals surface area (Å²) in [6.45, 7) is 0.320. The fourth-order valence-electron chi connectivity index (χ4n) is 2.02. The second-order valence-electron chi connectivity index (χ2n) is 4.96. The number of hydrogen-bond acceptors (Lipinski definition) is 3. The minimum absolute atomic E-state index is 0.262. The minimum Gasteiger partial charge on any atom is -0.489 e. The predicted molar refractivity (Wildman–Crippen MR) is 87.9 cm³/mol. The lowest BCUT2D eigenvalue weighted by Gasteiger charge is -2.09. The van der Waals surface area contributed by atoms with Gasteiger partial charge >= 0.3 is 0 Å². The van der Waals surface area contributed by atoms with E-state index in [9.17, 15) is 4.39 Å². The predicted octanol–water partition coefficient (Wildman–Crippen LogP) is 4.81. The summed E-state index contributed by atoms with van der Waals surface area (Å²) in [6, 6.07) is 23.2. The van der Waals surface area contributed by atoms with E-state index in [-0.39, 0.29) is 5.82 Å². The van der Waals surface area contributed by atoms with E-state index < -0.39 is 0 Å². The van der Waals surface area contributed by atoms with Crippen LogP contribution in [0.5, 0.6) is 11.5 Å². The van der Waals surface area contributed by atoms with Gasteiger partial charge in [-0.25, -0.2) is 9.87 Å². The van der Waals surface area contributed by atoms with Gasteiger partial charge in [-0.3, -0.25) is 0 Å². The highest BCUT2D eigenvalue weighted by Gasteiger charge is 1.99. The van der Waals surface area contributed by atoms with Crippen molar-refractivity contribution in [1.29, 1.82) is 0 Å². The summed E-state index contributed by atoms with van der Waals surface area (Å²) in [5.74, 6) is 1.11. The Bertz CT molecular complexity index is 745. The van der Waals surface area contributed by atoms with Gasteiger partial charge in [-0.05, 0) is 54.1 Å². The molecule has 3 rings (SSSR count). The van der Waals surface area contributed by atoms with E-state index >= 15 is 0 Å². The number of hydrogen-bond donors (Lipinski definition) is 1. The Hall–Kier alpha value is -3.01. The molecule has 23 heavy (non-hydrogen) atoms. The first-order valence-electron chi connectivity index (χ1n) is 7.25. The van der Waals surface area contributed by atoms with Gasteiger partial charge in [-0.15, -0.1) is 0 Å². The lowest BCUT2D eigenvalue weighted by Crippen LogP contribution is -2.04. The molecule has 3 aromatic rings. The second-order valence-corrected chi connectivity index (χ2v) is 4.96. The van der Waals surface area contributed by atoms with Crippen molar-refractivity contribution in [3.05, 3.63) is 90.2 Å². The van der Waals surface area contributed by atoms with Crippen LogP contribution in [0.2, 0.25) is 0 Å². The van der Waals surface area contributed by atoms with E-state index in [4.69, 9.17) is 9.57 Å². The van der Waals surface area contributed by atoms with Crippen LogP contribution >= 0.6 is 0 Å². The van der Waals surface area contributed by atoms with E-state index in [1.807, 2.05) is 36.4 Å². The molecule has 3 nitrogen and oxygen atoms in total. The van der Waals surface area contributed by atoms with Crippen LogP contribution in [-0.2, 0) is 6.61 Å². The fourth-order valence-corrected chi connectivity index (χ4v) is 2.02. The lowest BCUT2D eigenvalue weighted by molar-refractivity contribution is 0.305. The zero-order chi connectivity index (χ0) is 15.9. The molecule has 116 valence electrons. The van der Waals surface area contributed by atoms with Crippen LogP contribution in [0.4, 0.5) is 10.1 Å². The third-order valence-corrected chi connectivity index (χ3v) is 3.18. The summed E-state index contributed by atoms with van der Waals surface area (Å²) in [6.07, 6.45) is 0. The van der Waals surface area contributed by atoms with Crippen LogP contribution in [0, 0.1) is 5.82 Å². The largest absolute Gasteiger partial charge is 0.489 e. The van der Waals surface area contributed by atoms with Crippen LogP contribution in [-0.4, -0.2) is 0 Å². The number of halogens is 1. The molecular weight excluding hydrogens is 293 g/mol. The first-order chi connectivity index (χ1) is 11.3. The molecule has 0 aliphatic carbocycles. The van der Waals surface area contributed by atoms with Crippen molar-refractivity contribution in [2.45, 2.75) is 6.61 Å². The number of ether oxygens (including phenoxy) is 1. The molecule has 0 spiro atoms. The molecule has 1 N–H and O–H groups in total. The number of nitrogens with one attached hydrogen (secondary N) is 1. The van der Waals surface area contributed by atoms with Gasteiger partial charge in [-0.2, -0.15) is 0 Å². The quantitative estimate of drug-likeness (QED) is 0.663. The maximum absolute atomic E-state index is 13.1. The molecule has 0 saturated carbocycles. The van der Waals surface area contributed by atoms with Crippen molar-refractivity contribution in [2.24, 2.45) is 0 Å². The van der Waals surface area contributed by atoms with Gasteiger partial charge in [0.05, 0.1) is 5.69 Å². The molecule has 0 atom stereocenters. The first kappa shape index (κ1) is 14.9. The lowest BCUT2D eigenvalue weighted by atomic mass is 10.2. The Balaban J connectivity index is 1.52. The fraction of sp³-hybridized carbons (Fsp3) is 0.0526. The standard InChI is InChI=1S/C19H16FNO2/c20-16-6-4-5-15(13-16)14-22-18-9-11-19(12-10-18)23-21-17-7-2-1-3-8-17/h1-13,21H,14H2.